The fourth-order valence-corrected chi connectivity index (χ4v) is 3.58. The summed E-state index contributed by atoms with van der Waals surface area (Å²) in [5.74, 6) is 1.66. The van der Waals surface area contributed by atoms with Gasteiger partial charge in [0.1, 0.15) is 5.75 Å². The molecule has 0 saturated carbocycles. The van der Waals surface area contributed by atoms with Crippen LogP contribution in [-0.2, 0) is 6.42 Å². The highest BCUT2D eigenvalue weighted by atomic mass is 16.5. The number of aryl methyl sites for hydroxylation is 1. The molecule has 0 amide bonds. The van der Waals surface area contributed by atoms with Gasteiger partial charge in [-0.15, -0.1) is 0 Å². The van der Waals surface area contributed by atoms with E-state index in [1.54, 1.807) is 12.7 Å². The highest BCUT2D eigenvalue weighted by molar-refractivity contribution is 5.69. The van der Waals surface area contributed by atoms with Gasteiger partial charge in [-0.2, -0.15) is 0 Å². The Morgan fingerprint density at radius 1 is 1.18 bits per heavy atom. The first-order valence-corrected chi connectivity index (χ1v) is 8.24. The Balaban J connectivity index is 1.95. The third-order valence-corrected chi connectivity index (χ3v) is 4.89. The number of ether oxygens (including phenoxy) is 1. The van der Waals surface area contributed by atoms with Crippen molar-refractivity contribution in [2.45, 2.75) is 38.5 Å². The number of benzene rings is 2. The van der Waals surface area contributed by atoms with Crippen LogP contribution in [-0.4, -0.2) is 14.2 Å². The molecular formula is C20H25NO. The largest absolute Gasteiger partial charge is 0.495 e. The average Bonchev–Trinajstić information content (AvgIpc) is 2.59. The van der Waals surface area contributed by atoms with Crippen LogP contribution < -0.4 is 9.64 Å². The lowest BCUT2D eigenvalue weighted by Crippen LogP contribution is -2.14. The maximum Gasteiger partial charge on any atom is 0.142 e. The molecule has 0 spiro atoms. The van der Waals surface area contributed by atoms with Crippen molar-refractivity contribution in [1.82, 2.24) is 0 Å². The third-order valence-electron chi connectivity index (χ3n) is 4.89. The van der Waals surface area contributed by atoms with Crippen LogP contribution in [0, 0.1) is 0 Å². The molecule has 2 aromatic carbocycles. The van der Waals surface area contributed by atoms with Gasteiger partial charge in [-0.05, 0) is 67.0 Å². The molecule has 0 heterocycles. The van der Waals surface area contributed by atoms with Crippen LogP contribution in [0.1, 0.15) is 43.2 Å². The summed E-state index contributed by atoms with van der Waals surface area (Å²) in [5.41, 5.74) is 5.43. The third kappa shape index (κ3) is 2.70. The molecule has 0 unspecified atom stereocenters. The highest BCUT2D eigenvalue weighted by Gasteiger charge is 2.20. The Morgan fingerprint density at radius 2 is 2.00 bits per heavy atom. The number of nitrogens with zero attached hydrogens (tertiary/aromatic N) is 1. The van der Waals surface area contributed by atoms with Gasteiger partial charge >= 0.3 is 0 Å². The Morgan fingerprint density at radius 3 is 2.77 bits per heavy atom. The lowest BCUT2D eigenvalue weighted by molar-refractivity contribution is 0.415. The topological polar surface area (TPSA) is 12.5 Å². The van der Waals surface area contributed by atoms with Gasteiger partial charge in [0.05, 0.1) is 12.8 Å². The molecule has 22 heavy (non-hydrogen) atoms. The predicted octanol–water partition coefficient (Wildman–Crippen LogP) is 5.29. The molecule has 0 aromatic heterocycles. The molecule has 3 rings (SSSR count). The number of anilines is 2. The molecule has 116 valence electrons. The molecule has 0 saturated heterocycles. The SMILES string of the molecule is CC[C@@H]1CCCc2cc(N(C)c3ccccc3OC)ccc21. The fourth-order valence-electron chi connectivity index (χ4n) is 3.58. The summed E-state index contributed by atoms with van der Waals surface area (Å²) in [4.78, 5) is 2.22. The Labute approximate surface area is 133 Å². The smallest absolute Gasteiger partial charge is 0.142 e. The molecule has 1 atom stereocenters. The average molecular weight is 295 g/mol. The number of hydrogen-bond acceptors (Lipinski definition) is 2. The van der Waals surface area contributed by atoms with Gasteiger partial charge in [-0.3, -0.25) is 0 Å². The molecule has 0 bridgehead atoms. The summed E-state index contributed by atoms with van der Waals surface area (Å²) in [6, 6.07) is 15.1. The summed E-state index contributed by atoms with van der Waals surface area (Å²) >= 11 is 0. The van der Waals surface area contributed by atoms with Crippen molar-refractivity contribution in [3.8, 4) is 5.75 Å². The van der Waals surface area contributed by atoms with E-state index >= 15 is 0 Å². The molecule has 2 aromatic rings. The van der Waals surface area contributed by atoms with Crippen LogP contribution in [0.2, 0.25) is 0 Å². The molecule has 2 nitrogen and oxygen atoms in total. The second kappa shape index (κ2) is 6.43. The first-order valence-electron chi connectivity index (χ1n) is 8.24. The van der Waals surface area contributed by atoms with E-state index in [-0.39, 0.29) is 0 Å². The maximum atomic E-state index is 5.49. The summed E-state index contributed by atoms with van der Waals surface area (Å²) in [7, 11) is 3.84. The van der Waals surface area contributed by atoms with Gasteiger partial charge in [-0.1, -0.05) is 25.1 Å². The van der Waals surface area contributed by atoms with E-state index in [0.717, 1.165) is 17.4 Å². The van der Waals surface area contributed by atoms with E-state index in [9.17, 15) is 0 Å². The van der Waals surface area contributed by atoms with Crippen molar-refractivity contribution in [2.75, 3.05) is 19.1 Å². The molecule has 1 aliphatic carbocycles. The van der Waals surface area contributed by atoms with Crippen LogP contribution >= 0.6 is 0 Å². The number of para-hydroxylation sites is 2. The molecule has 1 aliphatic rings. The van der Waals surface area contributed by atoms with E-state index in [1.165, 1.54) is 36.9 Å². The molecule has 0 radical (unpaired) electrons. The molecule has 0 N–H and O–H groups in total. The number of fused-ring (bicyclic) bond motifs is 1. The van der Waals surface area contributed by atoms with Gasteiger partial charge in [0.25, 0.3) is 0 Å². The van der Waals surface area contributed by atoms with Gasteiger partial charge in [0.2, 0.25) is 0 Å². The van der Waals surface area contributed by atoms with Crippen molar-refractivity contribution >= 4 is 11.4 Å². The number of methoxy groups -OCH3 is 1. The zero-order valence-electron chi connectivity index (χ0n) is 13.8. The Kier molecular flexibility index (Phi) is 4.37. The van der Waals surface area contributed by atoms with Crippen LogP contribution in [0.15, 0.2) is 42.5 Å². The lowest BCUT2D eigenvalue weighted by atomic mass is 9.81. The summed E-state index contributed by atoms with van der Waals surface area (Å²) < 4.78 is 5.49. The van der Waals surface area contributed by atoms with E-state index in [0.29, 0.717) is 0 Å². The highest BCUT2D eigenvalue weighted by Crippen LogP contribution is 2.38. The Bertz CT molecular complexity index is 650. The first kappa shape index (κ1) is 15.0. The second-order valence-electron chi connectivity index (χ2n) is 6.11. The van der Waals surface area contributed by atoms with Crippen molar-refractivity contribution in [1.29, 1.82) is 0 Å². The zero-order valence-corrected chi connectivity index (χ0v) is 13.8. The lowest BCUT2D eigenvalue weighted by Gasteiger charge is -2.28. The van der Waals surface area contributed by atoms with Crippen molar-refractivity contribution in [3.63, 3.8) is 0 Å². The summed E-state index contributed by atoms with van der Waals surface area (Å²) in [6.45, 7) is 2.30. The monoisotopic (exact) mass is 295 g/mol. The number of rotatable bonds is 4. The molecular weight excluding hydrogens is 270 g/mol. The van der Waals surface area contributed by atoms with Crippen LogP contribution in [0.3, 0.4) is 0 Å². The van der Waals surface area contributed by atoms with Crippen molar-refractivity contribution in [2.24, 2.45) is 0 Å². The van der Waals surface area contributed by atoms with E-state index in [1.807, 2.05) is 12.1 Å². The zero-order chi connectivity index (χ0) is 15.5. The van der Waals surface area contributed by atoms with E-state index in [2.05, 4.69) is 49.2 Å². The van der Waals surface area contributed by atoms with Crippen LogP contribution in [0.5, 0.6) is 5.75 Å². The number of hydrogen-bond donors (Lipinski definition) is 0. The van der Waals surface area contributed by atoms with Crippen LogP contribution in [0.25, 0.3) is 0 Å². The van der Waals surface area contributed by atoms with Crippen molar-refractivity contribution in [3.05, 3.63) is 53.6 Å². The first-order chi connectivity index (χ1) is 10.7. The van der Waals surface area contributed by atoms with E-state index in [4.69, 9.17) is 4.74 Å². The standard InChI is InChI=1S/C20H25NO/c1-4-15-8-7-9-16-14-17(12-13-18(15)16)21(2)19-10-5-6-11-20(19)22-3/h5-6,10-15H,4,7-9H2,1-3H3/t15-/m1/s1. The summed E-state index contributed by atoms with van der Waals surface area (Å²) in [6.07, 6.45) is 5.10. The minimum atomic E-state index is 0.745. The second-order valence-corrected chi connectivity index (χ2v) is 6.11. The predicted molar refractivity (Wildman–Crippen MR) is 93.5 cm³/mol. The quantitative estimate of drug-likeness (QED) is 0.759. The Hall–Kier alpha value is -1.96. The van der Waals surface area contributed by atoms with Gasteiger partial charge in [0.15, 0.2) is 0 Å². The normalized spacial score (nSPS) is 17.0. The minimum absolute atomic E-state index is 0.745. The molecule has 2 heteroatoms. The molecule has 0 aliphatic heterocycles. The van der Waals surface area contributed by atoms with Gasteiger partial charge in [-0.25, -0.2) is 0 Å². The van der Waals surface area contributed by atoms with Crippen molar-refractivity contribution < 1.29 is 4.74 Å². The van der Waals surface area contributed by atoms with E-state index < -0.39 is 0 Å². The minimum Gasteiger partial charge on any atom is -0.495 e. The van der Waals surface area contributed by atoms with Gasteiger partial charge < -0.3 is 9.64 Å². The maximum absolute atomic E-state index is 5.49. The van der Waals surface area contributed by atoms with Gasteiger partial charge in [0, 0.05) is 12.7 Å². The fraction of sp³-hybridized carbons (Fsp3) is 0.400. The summed E-state index contributed by atoms with van der Waals surface area (Å²) in [5, 5.41) is 0. The molecule has 0 fully saturated rings. The van der Waals surface area contributed by atoms with Crippen LogP contribution in [0.4, 0.5) is 11.4 Å².